The number of hydrogen-bond donors (Lipinski definition) is 2. The number of nitrogens with two attached hydrogens (primary N) is 1. The van der Waals surface area contributed by atoms with Crippen molar-refractivity contribution in [2.75, 3.05) is 12.3 Å². The summed E-state index contributed by atoms with van der Waals surface area (Å²) in [6.07, 6.45) is 0.725. The fourth-order valence-electron chi connectivity index (χ4n) is 2.62. The predicted octanol–water partition coefficient (Wildman–Crippen LogP) is 1.61. The summed E-state index contributed by atoms with van der Waals surface area (Å²) >= 11 is 0. The number of piperidine rings is 1. The first kappa shape index (κ1) is 12.6. The molecule has 18 heavy (non-hydrogen) atoms. The Morgan fingerprint density at radius 1 is 1.56 bits per heavy atom. The van der Waals surface area contributed by atoms with E-state index in [1.54, 1.807) is 0 Å². The van der Waals surface area contributed by atoms with Crippen molar-refractivity contribution in [3.05, 3.63) is 17.3 Å². The fraction of sp³-hybridized carbons (Fsp3) is 0.583. The zero-order valence-corrected chi connectivity index (χ0v) is 10.6. The number of rotatable bonds is 1. The zero-order valence-electron chi connectivity index (χ0n) is 10.6. The molecule has 0 aliphatic carbocycles. The largest absolute Gasteiger partial charge is 0.465 e. The molecule has 2 atom stereocenters. The number of nitrogens with zero attached hydrogens (tertiary/aromatic N) is 3. The Kier molecular flexibility index (Phi) is 3.36. The molecule has 98 valence electrons. The van der Waals surface area contributed by atoms with E-state index < -0.39 is 6.09 Å². The van der Waals surface area contributed by atoms with E-state index in [-0.39, 0.29) is 12.0 Å². The number of aromatic nitrogens is 2. The minimum atomic E-state index is -0.846. The molecular formula is C12H18N4O2. The number of carbonyl (C=O) groups is 1. The van der Waals surface area contributed by atoms with Gasteiger partial charge in [0.05, 0.1) is 5.69 Å². The van der Waals surface area contributed by atoms with Gasteiger partial charge in [-0.3, -0.25) is 0 Å². The Morgan fingerprint density at radius 2 is 2.28 bits per heavy atom. The van der Waals surface area contributed by atoms with Gasteiger partial charge in [0, 0.05) is 18.5 Å². The lowest BCUT2D eigenvalue weighted by molar-refractivity contribution is 0.106. The summed E-state index contributed by atoms with van der Waals surface area (Å²) in [5.74, 6) is 0.691. The highest BCUT2D eigenvalue weighted by atomic mass is 16.4. The van der Waals surface area contributed by atoms with Crippen molar-refractivity contribution in [1.82, 2.24) is 15.1 Å². The van der Waals surface area contributed by atoms with Crippen molar-refractivity contribution in [2.24, 2.45) is 0 Å². The lowest BCUT2D eigenvalue weighted by Gasteiger charge is -2.35. The summed E-state index contributed by atoms with van der Waals surface area (Å²) in [4.78, 5) is 12.5. The van der Waals surface area contributed by atoms with Crippen LogP contribution in [0.15, 0.2) is 6.07 Å². The normalized spacial score (nSPS) is 24.0. The topological polar surface area (TPSA) is 92.3 Å². The zero-order chi connectivity index (χ0) is 13.3. The second-order valence-corrected chi connectivity index (χ2v) is 4.88. The maximum Gasteiger partial charge on any atom is 0.407 e. The third-order valence-corrected chi connectivity index (χ3v) is 3.55. The molecule has 1 saturated heterocycles. The highest BCUT2D eigenvalue weighted by Crippen LogP contribution is 2.31. The molecule has 0 aromatic carbocycles. The van der Waals surface area contributed by atoms with Crippen molar-refractivity contribution < 1.29 is 9.90 Å². The van der Waals surface area contributed by atoms with E-state index in [0.717, 1.165) is 24.1 Å². The molecule has 6 heteroatoms. The Bertz CT molecular complexity index is 463. The molecule has 0 saturated carbocycles. The van der Waals surface area contributed by atoms with Crippen molar-refractivity contribution in [1.29, 1.82) is 0 Å². The Balaban J connectivity index is 2.15. The summed E-state index contributed by atoms with van der Waals surface area (Å²) in [6, 6.07) is 1.83. The summed E-state index contributed by atoms with van der Waals surface area (Å²) in [5, 5.41) is 17.1. The van der Waals surface area contributed by atoms with Crippen LogP contribution in [0.25, 0.3) is 0 Å². The Hall–Kier alpha value is -1.85. The second-order valence-electron chi connectivity index (χ2n) is 4.88. The number of likely N-dealkylation sites (tertiary alicyclic amines) is 1. The maximum atomic E-state index is 11.0. The fourth-order valence-corrected chi connectivity index (χ4v) is 2.62. The summed E-state index contributed by atoms with van der Waals surface area (Å²) in [5.41, 5.74) is 7.56. The number of aryl methyl sites for hydroxylation is 1. The molecular weight excluding hydrogens is 232 g/mol. The van der Waals surface area contributed by atoms with Crippen LogP contribution in [0.4, 0.5) is 10.6 Å². The quantitative estimate of drug-likeness (QED) is 0.790. The SMILES string of the molecule is Cc1cc(N)nnc1[C@@H]1CCN(C(=O)O)[C@@H](C)C1. The molecule has 0 unspecified atom stereocenters. The average Bonchev–Trinajstić information content (AvgIpc) is 2.28. The molecule has 0 radical (unpaired) electrons. The van der Waals surface area contributed by atoms with Crippen molar-refractivity contribution in [3.63, 3.8) is 0 Å². The van der Waals surface area contributed by atoms with Crippen LogP contribution in [-0.4, -0.2) is 38.9 Å². The van der Waals surface area contributed by atoms with E-state index >= 15 is 0 Å². The highest BCUT2D eigenvalue weighted by molar-refractivity contribution is 5.65. The molecule has 1 aromatic heterocycles. The van der Waals surface area contributed by atoms with Gasteiger partial charge in [-0.25, -0.2) is 4.79 Å². The van der Waals surface area contributed by atoms with Crippen LogP contribution in [0.1, 0.15) is 36.9 Å². The number of nitrogen functional groups attached to an aromatic ring is 1. The molecule has 1 amide bonds. The summed E-state index contributed by atoms with van der Waals surface area (Å²) < 4.78 is 0. The van der Waals surface area contributed by atoms with Gasteiger partial charge >= 0.3 is 6.09 Å². The molecule has 1 aliphatic rings. The highest BCUT2D eigenvalue weighted by Gasteiger charge is 2.30. The predicted molar refractivity (Wildman–Crippen MR) is 67.3 cm³/mol. The molecule has 0 spiro atoms. The van der Waals surface area contributed by atoms with Gasteiger partial charge in [0.1, 0.15) is 5.82 Å². The van der Waals surface area contributed by atoms with Gasteiger partial charge in [-0.2, -0.15) is 5.10 Å². The van der Waals surface area contributed by atoms with Crippen LogP contribution in [-0.2, 0) is 0 Å². The molecule has 0 bridgehead atoms. The number of anilines is 1. The lowest BCUT2D eigenvalue weighted by atomic mass is 9.87. The minimum absolute atomic E-state index is 0.0139. The first-order chi connectivity index (χ1) is 8.49. The van der Waals surface area contributed by atoms with E-state index in [4.69, 9.17) is 10.8 Å². The van der Waals surface area contributed by atoms with E-state index in [2.05, 4.69) is 10.2 Å². The van der Waals surface area contributed by atoms with Gasteiger partial charge in [-0.05, 0) is 38.3 Å². The summed E-state index contributed by atoms with van der Waals surface area (Å²) in [6.45, 7) is 4.45. The van der Waals surface area contributed by atoms with Crippen molar-refractivity contribution in [3.8, 4) is 0 Å². The number of amides is 1. The first-order valence-electron chi connectivity index (χ1n) is 6.08. The van der Waals surface area contributed by atoms with E-state index in [0.29, 0.717) is 12.4 Å². The van der Waals surface area contributed by atoms with E-state index in [1.807, 2.05) is 19.9 Å². The van der Waals surface area contributed by atoms with Crippen LogP contribution >= 0.6 is 0 Å². The van der Waals surface area contributed by atoms with Crippen LogP contribution in [0.2, 0.25) is 0 Å². The molecule has 1 fully saturated rings. The van der Waals surface area contributed by atoms with Gasteiger partial charge in [-0.15, -0.1) is 5.10 Å². The van der Waals surface area contributed by atoms with Gasteiger partial charge in [0.2, 0.25) is 0 Å². The van der Waals surface area contributed by atoms with Crippen LogP contribution in [0, 0.1) is 6.92 Å². The van der Waals surface area contributed by atoms with Gasteiger partial charge < -0.3 is 15.7 Å². The third kappa shape index (κ3) is 2.37. The second kappa shape index (κ2) is 4.80. The number of carboxylic acid groups (broad SMARTS) is 1. The third-order valence-electron chi connectivity index (χ3n) is 3.55. The smallest absolute Gasteiger partial charge is 0.407 e. The molecule has 1 aromatic rings. The first-order valence-corrected chi connectivity index (χ1v) is 6.08. The Labute approximate surface area is 106 Å². The molecule has 1 aliphatic heterocycles. The molecule has 3 N–H and O–H groups in total. The lowest BCUT2D eigenvalue weighted by Crippen LogP contribution is -2.43. The standard InChI is InChI=1S/C12H18N4O2/c1-7-5-10(13)14-15-11(7)9-3-4-16(12(17)18)8(2)6-9/h5,8-9H,3-4,6H2,1-2H3,(H2,13,14)(H,17,18)/t8-,9+/m0/s1. The van der Waals surface area contributed by atoms with Crippen LogP contribution in [0.5, 0.6) is 0 Å². The minimum Gasteiger partial charge on any atom is -0.465 e. The average molecular weight is 250 g/mol. The maximum absolute atomic E-state index is 11.0. The van der Waals surface area contributed by atoms with Crippen LogP contribution < -0.4 is 5.73 Å². The van der Waals surface area contributed by atoms with Crippen molar-refractivity contribution >= 4 is 11.9 Å². The van der Waals surface area contributed by atoms with Crippen LogP contribution in [0.3, 0.4) is 0 Å². The number of hydrogen-bond acceptors (Lipinski definition) is 4. The monoisotopic (exact) mass is 250 g/mol. The van der Waals surface area contributed by atoms with Crippen molar-refractivity contribution in [2.45, 2.75) is 38.6 Å². The Morgan fingerprint density at radius 3 is 2.83 bits per heavy atom. The van der Waals surface area contributed by atoms with E-state index in [9.17, 15) is 4.79 Å². The van der Waals surface area contributed by atoms with E-state index in [1.165, 1.54) is 4.90 Å². The van der Waals surface area contributed by atoms with Gasteiger partial charge in [0.25, 0.3) is 0 Å². The van der Waals surface area contributed by atoms with Gasteiger partial charge in [0.15, 0.2) is 0 Å². The van der Waals surface area contributed by atoms with Gasteiger partial charge in [-0.1, -0.05) is 0 Å². The summed E-state index contributed by atoms with van der Waals surface area (Å²) in [7, 11) is 0. The molecule has 2 rings (SSSR count). The molecule has 6 nitrogen and oxygen atoms in total. The molecule has 2 heterocycles.